The van der Waals surface area contributed by atoms with Gasteiger partial charge < -0.3 is 24.3 Å². The number of nitrogens with one attached hydrogen (secondary N) is 1. The van der Waals surface area contributed by atoms with Crippen LogP contribution < -0.4 is 14.8 Å². The van der Waals surface area contributed by atoms with E-state index in [1.165, 1.54) is 18.5 Å². The van der Waals surface area contributed by atoms with Crippen molar-refractivity contribution in [1.29, 1.82) is 0 Å². The van der Waals surface area contributed by atoms with E-state index in [0.29, 0.717) is 48.3 Å². The maximum absolute atomic E-state index is 13.5. The summed E-state index contributed by atoms with van der Waals surface area (Å²) in [6, 6.07) is 8.07. The van der Waals surface area contributed by atoms with Crippen molar-refractivity contribution >= 4 is 34.0 Å². The number of anilines is 2. The maximum atomic E-state index is 13.5. The lowest BCUT2D eigenvalue weighted by molar-refractivity contribution is -0.0615. The van der Waals surface area contributed by atoms with Crippen LogP contribution in [0.25, 0.3) is 10.9 Å². The van der Waals surface area contributed by atoms with Gasteiger partial charge in [-0.15, -0.1) is 0 Å². The summed E-state index contributed by atoms with van der Waals surface area (Å²) in [6.07, 6.45) is 2.42. The van der Waals surface area contributed by atoms with Crippen LogP contribution in [-0.4, -0.2) is 74.6 Å². The zero-order valence-corrected chi connectivity index (χ0v) is 20.0. The molecule has 1 aliphatic rings. The van der Waals surface area contributed by atoms with Crippen LogP contribution in [0.1, 0.15) is 6.42 Å². The molecule has 1 N–H and O–H groups in total. The molecule has 3 aromatic rings. The van der Waals surface area contributed by atoms with E-state index in [0.717, 1.165) is 31.4 Å². The zero-order valence-electron chi connectivity index (χ0n) is 19.2. The van der Waals surface area contributed by atoms with E-state index in [1.807, 2.05) is 12.1 Å². The van der Waals surface area contributed by atoms with Crippen molar-refractivity contribution in [1.82, 2.24) is 14.9 Å². The average Bonchev–Trinajstić information content (AvgIpc) is 2.84. The van der Waals surface area contributed by atoms with Gasteiger partial charge in [-0.25, -0.2) is 14.4 Å². The summed E-state index contributed by atoms with van der Waals surface area (Å²) in [4.78, 5) is 11.0. The molecule has 0 unspecified atom stereocenters. The summed E-state index contributed by atoms with van der Waals surface area (Å²) in [7, 11) is 3.28. The minimum atomic E-state index is -0.480. The van der Waals surface area contributed by atoms with Gasteiger partial charge in [-0.2, -0.15) is 0 Å². The van der Waals surface area contributed by atoms with Gasteiger partial charge in [0.05, 0.1) is 43.6 Å². The highest BCUT2D eigenvalue weighted by molar-refractivity contribution is 6.31. The molecule has 1 aliphatic heterocycles. The van der Waals surface area contributed by atoms with E-state index in [1.54, 1.807) is 20.3 Å². The first-order chi connectivity index (χ1) is 16.6. The summed E-state index contributed by atoms with van der Waals surface area (Å²) in [6.45, 7) is 4.50. The van der Waals surface area contributed by atoms with Gasteiger partial charge in [-0.3, -0.25) is 4.90 Å². The number of halogens is 2. The number of rotatable bonds is 10. The molecule has 1 saturated heterocycles. The van der Waals surface area contributed by atoms with Crippen molar-refractivity contribution in [3.63, 3.8) is 0 Å². The Bertz CT molecular complexity index is 1120. The summed E-state index contributed by atoms with van der Waals surface area (Å²) in [5, 5.41) is 3.95. The lowest BCUT2D eigenvalue weighted by Gasteiger charge is -2.32. The minimum absolute atomic E-state index is 0.0304. The van der Waals surface area contributed by atoms with E-state index in [-0.39, 0.29) is 11.1 Å². The van der Waals surface area contributed by atoms with Gasteiger partial charge >= 0.3 is 0 Å². The molecule has 2 aromatic carbocycles. The number of fused-ring (bicyclic) bond motifs is 1. The normalized spacial score (nSPS) is 16.5. The highest BCUT2D eigenvalue weighted by Crippen LogP contribution is 2.35. The predicted octanol–water partition coefficient (Wildman–Crippen LogP) is 4.29. The molecular weight excluding hydrogens is 463 g/mol. The molecule has 34 heavy (non-hydrogen) atoms. The number of nitrogens with zero attached hydrogens (tertiary/aromatic N) is 3. The molecule has 10 heteroatoms. The van der Waals surface area contributed by atoms with Gasteiger partial charge in [-0.1, -0.05) is 11.6 Å². The maximum Gasteiger partial charge on any atom is 0.162 e. The predicted molar refractivity (Wildman–Crippen MR) is 129 cm³/mol. The number of aromatic nitrogens is 2. The van der Waals surface area contributed by atoms with Crippen molar-refractivity contribution in [2.75, 3.05) is 59.0 Å². The third-order valence-electron chi connectivity index (χ3n) is 5.55. The van der Waals surface area contributed by atoms with Gasteiger partial charge in [0.15, 0.2) is 11.5 Å². The zero-order chi connectivity index (χ0) is 23.9. The molecule has 0 saturated carbocycles. The Morgan fingerprint density at radius 1 is 1.21 bits per heavy atom. The third-order valence-corrected chi connectivity index (χ3v) is 5.84. The average molecular weight is 491 g/mol. The Labute approximate surface area is 202 Å². The second-order valence-electron chi connectivity index (χ2n) is 7.95. The number of morpholine rings is 1. The Hall–Kier alpha value is -2.72. The molecular formula is C24H28ClFN4O4. The van der Waals surface area contributed by atoms with Crippen molar-refractivity contribution in [2.24, 2.45) is 0 Å². The van der Waals surface area contributed by atoms with Crippen LogP contribution >= 0.6 is 11.6 Å². The fourth-order valence-electron chi connectivity index (χ4n) is 3.89. The van der Waals surface area contributed by atoms with Crippen LogP contribution in [0.5, 0.6) is 11.5 Å². The van der Waals surface area contributed by atoms with Gasteiger partial charge in [0, 0.05) is 43.9 Å². The monoisotopic (exact) mass is 490 g/mol. The molecule has 0 bridgehead atoms. The first kappa shape index (κ1) is 24.4. The van der Waals surface area contributed by atoms with E-state index < -0.39 is 5.82 Å². The lowest BCUT2D eigenvalue weighted by atomic mass is 10.2. The summed E-state index contributed by atoms with van der Waals surface area (Å²) in [5.74, 6) is 1.27. The van der Waals surface area contributed by atoms with Crippen molar-refractivity contribution in [3.8, 4) is 11.5 Å². The number of ether oxygens (including phenoxy) is 4. The first-order valence-corrected chi connectivity index (χ1v) is 11.5. The number of hydrogen-bond acceptors (Lipinski definition) is 8. The molecule has 1 fully saturated rings. The molecule has 0 radical (unpaired) electrons. The largest absolute Gasteiger partial charge is 0.493 e. The van der Waals surface area contributed by atoms with Gasteiger partial charge in [-0.05, 0) is 30.7 Å². The van der Waals surface area contributed by atoms with Gasteiger partial charge in [0.2, 0.25) is 0 Å². The molecule has 2 heterocycles. The van der Waals surface area contributed by atoms with E-state index in [9.17, 15) is 4.39 Å². The fraction of sp³-hybridized carbons (Fsp3) is 0.417. The van der Waals surface area contributed by atoms with Crippen LogP contribution in [0.2, 0.25) is 5.02 Å². The molecule has 1 atom stereocenters. The van der Waals surface area contributed by atoms with Crippen LogP contribution in [0.3, 0.4) is 0 Å². The molecule has 0 amide bonds. The van der Waals surface area contributed by atoms with Crippen molar-refractivity contribution in [3.05, 3.63) is 47.5 Å². The van der Waals surface area contributed by atoms with Crippen LogP contribution in [0, 0.1) is 5.82 Å². The SMILES string of the molecule is COC[C@@H]1CN(CCCOc2cc3c(Nc4ccc(F)c(Cl)c4)ncnc3cc2OC)CCO1. The summed E-state index contributed by atoms with van der Waals surface area (Å²) < 4.78 is 36.0. The molecule has 0 spiro atoms. The van der Waals surface area contributed by atoms with Gasteiger partial charge in [0.1, 0.15) is 18.0 Å². The molecule has 4 rings (SSSR count). The number of benzene rings is 2. The van der Waals surface area contributed by atoms with Crippen LogP contribution in [0.15, 0.2) is 36.7 Å². The van der Waals surface area contributed by atoms with E-state index >= 15 is 0 Å². The number of methoxy groups -OCH3 is 2. The second-order valence-corrected chi connectivity index (χ2v) is 8.35. The Balaban J connectivity index is 1.44. The topological polar surface area (TPSA) is 78.0 Å². The van der Waals surface area contributed by atoms with E-state index in [2.05, 4.69) is 20.2 Å². The highest BCUT2D eigenvalue weighted by Gasteiger charge is 2.20. The minimum Gasteiger partial charge on any atom is -0.493 e. The Morgan fingerprint density at radius 2 is 2.09 bits per heavy atom. The van der Waals surface area contributed by atoms with Gasteiger partial charge in [0.25, 0.3) is 0 Å². The smallest absolute Gasteiger partial charge is 0.162 e. The van der Waals surface area contributed by atoms with E-state index in [4.69, 9.17) is 30.5 Å². The second kappa shape index (κ2) is 11.6. The quantitative estimate of drug-likeness (QED) is 0.422. The van der Waals surface area contributed by atoms with Crippen molar-refractivity contribution < 1.29 is 23.3 Å². The molecule has 1 aromatic heterocycles. The molecule has 0 aliphatic carbocycles. The Morgan fingerprint density at radius 3 is 2.88 bits per heavy atom. The lowest BCUT2D eigenvalue weighted by Crippen LogP contribution is -2.44. The van der Waals surface area contributed by atoms with Crippen molar-refractivity contribution in [2.45, 2.75) is 12.5 Å². The first-order valence-electron chi connectivity index (χ1n) is 11.1. The Kier molecular flexibility index (Phi) is 8.34. The highest BCUT2D eigenvalue weighted by atomic mass is 35.5. The van der Waals surface area contributed by atoms with Crippen LogP contribution in [-0.2, 0) is 9.47 Å². The molecule has 182 valence electrons. The van der Waals surface area contributed by atoms with Crippen LogP contribution in [0.4, 0.5) is 15.9 Å². The fourth-order valence-corrected chi connectivity index (χ4v) is 4.07. The summed E-state index contributed by atoms with van der Waals surface area (Å²) in [5.41, 5.74) is 1.30. The molecule has 8 nitrogen and oxygen atoms in total. The standard InChI is InChI=1S/C24H28ClFN4O4/c1-31-14-17-13-30(7-9-33-17)6-3-8-34-23-11-18-21(12-22(23)32-2)27-15-28-24(18)29-16-4-5-20(26)19(25)10-16/h4-5,10-12,15,17H,3,6-9,13-14H2,1-2H3,(H,27,28,29)/t17-/m0/s1. The number of hydrogen-bond donors (Lipinski definition) is 1. The summed E-state index contributed by atoms with van der Waals surface area (Å²) >= 11 is 5.91. The third kappa shape index (κ3) is 6.04.